The highest BCUT2D eigenvalue weighted by molar-refractivity contribution is 6.30. The summed E-state index contributed by atoms with van der Waals surface area (Å²) in [4.78, 5) is 0. The Morgan fingerprint density at radius 3 is 2.72 bits per heavy atom. The van der Waals surface area contributed by atoms with Gasteiger partial charge < -0.3 is 15.2 Å². The normalized spacial score (nSPS) is 19.1. The van der Waals surface area contributed by atoms with Crippen molar-refractivity contribution in [1.29, 1.82) is 0 Å². The Morgan fingerprint density at radius 2 is 2.22 bits per heavy atom. The van der Waals surface area contributed by atoms with Gasteiger partial charge in [-0.15, -0.1) is 0 Å². The number of hydrogen-bond acceptors (Lipinski definition) is 3. The average Bonchev–Trinajstić information content (AvgIpc) is 2.33. The molecule has 1 aromatic carbocycles. The topological polar surface area (TPSA) is 44.5 Å². The van der Waals surface area contributed by atoms with Crippen LogP contribution in [0.3, 0.4) is 0 Å². The number of benzene rings is 1. The van der Waals surface area contributed by atoms with Crippen LogP contribution in [0.4, 0.5) is 0 Å². The first kappa shape index (κ1) is 13.7. The molecule has 1 fully saturated rings. The maximum absolute atomic E-state index is 6.07. The summed E-state index contributed by atoms with van der Waals surface area (Å²) in [6, 6.07) is 5.70. The number of rotatable bonds is 5. The van der Waals surface area contributed by atoms with Crippen molar-refractivity contribution in [2.24, 2.45) is 11.1 Å². The number of halogens is 1. The van der Waals surface area contributed by atoms with Crippen molar-refractivity contribution in [3.63, 3.8) is 0 Å². The van der Waals surface area contributed by atoms with Gasteiger partial charge in [0.15, 0.2) is 0 Å². The number of methoxy groups -OCH3 is 1. The number of ether oxygens (including phenoxy) is 2. The number of hydrogen-bond donors (Lipinski definition) is 1. The molecule has 3 nitrogen and oxygen atoms in total. The molecule has 2 N–H and O–H groups in total. The van der Waals surface area contributed by atoms with E-state index in [-0.39, 0.29) is 11.3 Å². The molecule has 18 heavy (non-hydrogen) atoms. The van der Waals surface area contributed by atoms with E-state index in [9.17, 15) is 0 Å². The summed E-state index contributed by atoms with van der Waals surface area (Å²) in [6.07, 6.45) is 1.00. The Labute approximate surface area is 113 Å². The molecule has 0 spiro atoms. The van der Waals surface area contributed by atoms with Crippen LogP contribution in [-0.2, 0) is 4.74 Å². The second kappa shape index (κ2) is 5.47. The molecule has 1 aromatic rings. The molecule has 0 saturated carbocycles. The summed E-state index contributed by atoms with van der Waals surface area (Å²) >= 11 is 6.07. The standard InChI is InChI=1S/C14H20ClNO2/c1-14(8-18-9-14)6-10(7-16)12-5-11(15)3-4-13(12)17-2/h3-5,10H,6-9,16H2,1-2H3. The Kier molecular flexibility index (Phi) is 4.15. The van der Waals surface area contributed by atoms with Gasteiger partial charge >= 0.3 is 0 Å². The van der Waals surface area contributed by atoms with Crippen LogP contribution in [-0.4, -0.2) is 26.9 Å². The van der Waals surface area contributed by atoms with E-state index in [1.165, 1.54) is 0 Å². The van der Waals surface area contributed by atoms with E-state index in [0.29, 0.717) is 6.54 Å². The largest absolute Gasteiger partial charge is 0.496 e. The molecule has 0 bridgehead atoms. The summed E-state index contributed by atoms with van der Waals surface area (Å²) < 4.78 is 10.7. The molecule has 0 radical (unpaired) electrons. The SMILES string of the molecule is COc1ccc(Cl)cc1C(CN)CC1(C)COC1. The average molecular weight is 270 g/mol. The Morgan fingerprint density at radius 1 is 1.50 bits per heavy atom. The van der Waals surface area contributed by atoms with Gasteiger partial charge in [-0.2, -0.15) is 0 Å². The van der Waals surface area contributed by atoms with Crippen molar-refractivity contribution in [2.45, 2.75) is 19.3 Å². The van der Waals surface area contributed by atoms with Gasteiger partial charge in [0.2, 0.25) is 0 Å². The third-order valence-electron chi connectivity index (χ3n) is 3.56. The van der Waals surface area contributed by atoms with E-state index in [4.69, 9.17) is 26.8 Å². The molecular weight excluding hydrogens is 250 g/mol. The molecule has 1 saturated heterocycles. The van der Waals surface area contributed by atoms with E-state index in [1.807, 2.05) is 18.2 Å². The summed E-state index contributed by atoms with van der Waals surface area (Å²) in [7, 11) is 1.68. The zero-order chi connectivity index (χ0) is 13.2. The zero-order valence-corrected chi connectivity index (χ0v) is 11.7. The van der Waals surface area contributed by atoms with Gasteiger partial charge in [0, 0.05) is 16.4 Å². The van der Waals surface area contributed by atoms with Crippen LogP contribution in [0, 0.1) is 5.41 Å². The molecule has 1 atom stereocenters. The minimum atomic E-state index is 0.233. The second-order valence-electron chi connectivity index (χ2n) is 5.33. The van der Waals surface area contributed by atoms with Crippen LogP contribution >= 0.6 is 11.6 Å². The van der Waals surface area contributed by atoms with Crippen molar-refractivity contribution in [3.05, 3.63) is 28.8 Å². The monoisotopic (exact) mass is 269 g/mol. The third kappa shape index (κ3) is 2.79. The fourth-order valence-electron chi connectivity index (χ4n) is 2.51. The van der Waals surface area contributed by atoms with E-state index in [1.54, 1.807) is 7.11 Å². The van der Waals surface area contributed by atoms with Crippen LogP contribution in [0.15, 0.2) is 18.2 Å². The fourth-order valence-corrected chi connectivity index (χ4v) is 2.69. The predicted molar refractivity (Wildman–Crippen MR) is 73.3 cm³/mol. The molecule has 100 valence electrons. The smallest absolute Gasteiger partial charge is 0.122 e. The Bertz CT molecular complexity index is 418. The minimum Gasteiger partial charge on any atom is -0.496 e. The zero-order valence-electron chi connectivity index (χ0n) is 10.9. The van der Waals surface area contributed by atoms with Gasteiger partial charge in [0.05, 0.1) is 20.3 Å². The van der Waals surface area contributed by atoms with Gasteiger partial charge in [0.25, 0.3) is 0 Å². The fraction of sp³-hybridized carbons (Fsp3) is 0.571. The molecular formula is C14H20ClNO2. The lowest BCUT2D eigenvalue weighted by molar-refractivity contribution is -0.108. The lowest BCUT2D eigenvalue weighted by Crippen LogP contribution is -2.41. The third-order valence-corrected chi connectivity index (χ3v) is 3.79. The van der Waals surface area contributed by atoms with Crippen molar-refractivity contribution >= 4 is 11.6 Å². The first-order valence-electron chi connectivity index (χ1n) is 6.19. The molecule has 0 amide bonds. The van der Waals surface area contributed by atoms with E-state index in [0.717, 1.165) is 36.0 Å². The van der Waals surface area contributed by atoms with E-state index < -0.39 is 0 Å². The summed E-state index contributed by atoms with van der Waals surface area (Å²) in [5, 5.41) is 0.722. The summed E-state index contributed by atoms with van der Waals surface area (Å²) in [5.41, 5.74) is 7.26. The lowest BCUT2D eigenvalue weighted by atomic mass is 9.77. The maximum Gasteiger partial charge on any atom is 0.122 e. The van der Waals surface area contributed by atoms with Gasteiger partial charge in [0.1, 0.15) is 5.75 Å². The first-order valence-corrected chi connectivity index (χ1v) is 6.57. The quantitative estimate of drug-likeness (QED) is 0.894. The summed E-state index contributed by atoms with van der Waals surface area (Å²) in [6.45, 7) is 4.45. The first-order chi connectivity index (χ1) is 8.58. The van der Waals surface area contributed by atoms with Crippen LogP contribution in [0.1, 0.15) is 24.8 Å². The van der Waals surface area contributed by atoms with Crippen molar-refractivity contribution in [2.75, 3.05) is 26.9 Å². The van der Waals surface area contributed by atoms with Crippen molar-refractivity contribution < 1.29 is 9.47 Å². The second-order valence-corrected chi connectivity index (χ2v) is 5.76. The van der Waals surface area contributed by atoms with E-state index >= 15 is 0 Å². The van der Waals surface area contributed by atoms with Crippen LogP contribution in [0.5, 0.6) is 5.75 Å². The molecule has 1 aliphatic rings. The maximum atomic E-state index is 6.07. The van der Waals surface area contributed by atoms with Gasteiger partial charge in [-0.3, -0.25) is 0 Å². The van der Waals surface area contributed by atoms with Gasteiger partial charge in [-0.05, 0) is 36.7 Å². The lowest BCUT2D eigenvalue weighted by Gasteiger charge is -2.40. The van der Waals surface area contributed by atoms with E-state index in [2.05, 4.69) is 6.92 Å². The molecule has 1 heterocycles. The highest BCUT2D eigenvalue weighted by Crippen LogP contribution is 2.40. The molecule has 4 heteroatoms. The van der Waals surface area contributed by atoms with Gasteiger partial charge in [-0.25, -0.2) is 0 Å². The molecule has 0 aromatic heterocycles. The number of nitrogens with two attached hydrogens (primary N) is 1. The molecule has 2 rings (SSSR count). The highest BCUT2D eigenvalue weighted by Gasteiger charge is 2.36. The highest BCUT2D eigenvalue weighted by atomic mass is 35.5. The van der Waals surface area contributed by atoms with Crippen molar-refractivity contribution in [1.82, 2.24) is 0 Å². The molecule has 1 unspecified atom stereocenters. The summed E-state index contributed by atoms with van der Waals surface area (Å²) in [5.74, 6) is 1.12. The molecule has 1 aliphatic heterocycles. The van der Waals surface area contributed by atoms with Crippen LogP contribution < -0.4 is 10.5 Å². The minimum absolute atomic E-state index is 0.233. The van der Waals surface area contributed by atoms with Crippen molar-refractivity contribution in [3.8, 4) is 5.75 Å². The van der Waals surface area contributed by atoms with Crippen LogP contribution in [0.25, 0.3) is 0 Å². The Hall–Kier alpha value is -0.770. The van der Waals surface area contributed by atoms with Gasteiger partial charge in [-0.1, -0.05) is 18.5 Å². The Balaban J connectivity index is 2.23. The predicted octanol–water partition coefficient (Wildman–Crippen LogP) is 2.82. The van der Waals surface area contributed by atoms with Crippen LogP contribution in [0.2, 0.25) is 5.02 Å². The molecule has 0 aliphatic carbocycles.